The summed E-state index contributed by atoms with van der Waals surface area (Å²) in [7, 11) is 0. The summed E-state index contributed by atoms with van der Waals surface area (Å²) in [6, 6.07) is 0.772. The average molecular weight is 240 g/mol. The fourth-order valence-electron chi connectivity index (χ4n) is 1.19. The lowest BCUT2D eigenvalue weighted by Crippen LogP contribution is -2.19. The van der Waals surface area contributed by atoms with Crippen molar-refractivity contribution in [3.63, 3.8) is 0 Å². The fourth-order valence-corrected chi connectivity index (χ4v) is 2.94. The third-order valence-electron chi connectivity index (χ3n) is 2.22. The highest BCUT2D eigenvalue weighted by Crippen LogP contribution is 2.24. The minimum atomic E-state index is 0.772. The third kappa shape index (κ3) is 3.97. The molecule has 0 bridgehead atoms. The van der Waals surface area contributed by atoms with Gasteiger partial charge in [-0.25, -0.2) is 4.98 Å². The molecular formula is C11H16N2S2. The quantitative estimate of drug-likeness (QED) is 0.611. The number of aryl methyl sites for hydroxylation is 1. The molecule has 15 heavy (non-hydrogen) atoms. The highest BCUT2D eigenvalue weighted by molar-refractivity contribution is 8.01. The predicted molar refractivity (Wildman–Crippen MR) is 67.7 cm³/mol. The van der Waals surface area contributed by atoms with Crippen molar-refractivity contribution in [1.29, 1.82) is 0 Å². The molecule has 0 atom stereocenters. The van der Waals surface area contributed by atoms with Crippen molar-refractivity contribution in [2.75, 3.05) is 12.3 Å². The topological polar surface area (TPSA) is 24.9 Å². The summed E-state index contributed by atoms with van der Waals surface area (Å²) in [5.41, 5.74) is 2.38. The number of thiazole rings is 1. The Kier molecular flexibility index (Phi) is 3.83. The van der Waals surface area contributed by atoms with Crippen LogP contribution in [-0.4, -0.2) is 23.3 Å². The Balaban J connectivity index is 1.65. The first-order valence-corrected chi connectivity index (χ1v) is 7.05. The molecule has 0 unspecified atom stereocenters. The van der Waals surface area contributed by atoms with Crippen LogP contribution in [0.2, 0.25) is 0 Å². The first kappa shape index (κ1) is 11.2. The number of nitrogens with zero attached hydrogens (tertiary/aromatic N) is 1. The molecule has 0 aromatic carbocycles. The summed E-state index contributed by atoms with van der Waals surface area (Å²) in [4.78, 5) is 4.41. The van der Waals surface area contributed by atoms with Crippen LogP contribution in [0.1, 0.15) is 18.5 Å². The Hall–Kier alpha value is -0.320. The van der Waals surface area contributed by atoms with E-state index < -0.39 is 0 Å². The molecule has 1 heterocycles. The summed E-state index contributed by atoms with van der Waals surface area (Å²) >= 11 is 3.51. The molecule has 1 saturated carbocycles. The SMILES string of the molecule is C=C(CNC1CC1)CSc1nc(C)cs1. The van der Waals surface area contributed by atoms with E-state index in [1.807, 2.05) is 6.92 Å². The van der Waals surface area contributed by atoms with E-state index in [1.165, 1.54) is 18.4 Å². The normalized spacial score (nSPS) is 15.5. The third-order valence-corrected chi connectivity index (χ3v) is 4.50. The van der Waals surface area contributed by atoms with E-state index in [9.17, 15) is 0 Å². The Morgan fingerprint density at radius 2 is 2.53 bits per heavy atom. The molecule has 1 aliphatic rings. The van der Waals surface area contributed by atoms with Gasteiger partial charge < -0.3 is 5.32 Å². The highest BCUT2D eigenvalue weighted by atomic mass is 32.2. The van der Waals surface area contributed by atoms with Crippen LogP contribution in [-0.2, 0) is 0 Å². The molecule has 2 rings (SSSR count). The standard InChI is InChI=1S/C11H16N2S2/c1-8(5-12-10-3-4-10)6-14-11-13-9(2)7-15-11/h7,10,12H,1,3-6H2,2H3. The van der Waals surface area contributed by atoms with E-state index in [2.05, 4.69) is 22.3 Å². The Labute approximate surface area is 99.2 Å². The molecule has 82 valence electrons. The number of rotatable bonds is 6. The predicted octanol–water partition coefficient (Wildman–Crippen LogP) is 2.85. The molecule has 2 nitrogen and oxygen atoms in total. The van der Waals surface area contributed by atoms with Crippen LogP contribution in [0.5, 0.6) is 0 Å². The summed E-state index contributed by atoms with van der Waals surface area (Å²) < 4.78 is 1.15. The van der Waals surface area contributed by atoms with E-state index in [4.69, 9.17) is 0 Å². The number of hydrogen-bond acceptors (Lipinski definition) is 4. The lowest BCUT2D eigenvalue weighted by atomic mass is 10.3. The summed E-state index contributed by atoms with van der Waals surface area (Å²) in [5, 5.41) is 5.56. The first-order valence-electron chi connectivity index (χ1n) is 5.19. The van der Waals surface area contributed by atoms with E-state index in [0.29, 0.717) is 0 Å². The monoisotopic (exact) mass is 240 g/mol. The second-order valence-electron chi connectivity index (χ2n) is 3.95. The molecule has 0 spiro atoms. The van der Waals surface area contributed by atoms with Gasteiger partial charge in [0.2, 0.25) is 0 Å². The van der Waals surface area contributed by atoms with Gasteiger partial charge in [-0.3, -0.25) is 0 Å². The van der Waals surface area contributed by atoms with Crippen LogP contribution in [0.4, 0.5) is 0 Å². The van der Waals surface area contributed by atoms with Crippen LogP contribution in [0.25, 0.3) is 0 Å². The molecule has 4 heteroatoms. The van der Waals surface area contributed by atoms with Gasteiger partial charge in [-0.1, -0.05) is 23.9 Å². The second-order valence-corrected chi connectivity index (χ2v) is 6.03. The first-order chi connectivity index (χ1) is 7.24. The number of hydrogen-bond donors (Lipinski definition) is 1. The molecule has 1 aromatic rings. The second kappa shape index (κ2) is 5.14. The molecule has 0 radical (unpaired) electrons. The van der Waals surface area contributed by atoms with Gasteiger partial charge in [0.1, 0.15) is 4.34 Å². The minimum Gasteiger partial charge on any atom is -0.310 e. The van der Waals surface area contributed by atoms with E-state index in [-0.39, 0.29) is 0 Å². The van der Waals surface area contributed by atoms with Crippen LogP contribution in [0.3, 0.4) is 0 Å². The zero-order valence-corrected chi connectivity index (χ0v) is 10.6. The molecular weight excluding hydrogens is 224 g/mol. The molecule has 1 aromatic heterocycles. The van der Waals surface area contributed by atoms with Crippen LogP contribution >= 0.6 is 23.1 Å². The lowest BCUT2D eigenvalue weighted by molar-refractivity contribution is 0.736. The average Bonchev–Trinajstić information content (AvgIpc) is 2.95. The van der Waals surface area contributed by atoms with Crippen molar-refractivity contribution in [2.45, 2.75) is 30.1 Å². The van der Waals surface area contributed by atoms with Gasteiger partial charge in [0, 0.05) is 29.4 Å². The maximum absolute atomic E-state index is 4.41. The van der Waals surface area contributed by atoms with Crippen molar-refractivity contribution in [2.24, 2.45) is 0 Å². The highest BCUT2D eigenvalue weighted by Gasteiger charge is 2.19. The number of thioether (sulfide) groups is 1. The molecule has 0 saturated heterocycles. The summed E-state index contributed by atoms with van der Waals surface area (Å²) in [6.07, 6.45) is 2.68. The van der Waals surface area contributed by atoms with Gasteiger partial charge in [0.05, 0.1) is 0 Å². The fraction of sp³-hybridized carbons (Fsp3) is 0.545. The van der Waals surface area contributed by atoms with Gasteiger partial charge in [-0.2, -0.15) is 0 Å². The Morgan fingerprint density at radius 3 is 3.13 bits per heavy atom. The van der Waals surface area contributed by atoms with Crippen molar-refractivity contribution in [1.82, 2.24) is 10.3 Å². The molecule has 0 amide bonds. The van der Waals surface area contributed by atoms with Crippen LogP contribution in [0.15, 0.2) is 21.9 Å². The zero-order chi connectivity index (χ0) is 10.7. The van der Waals surface area contributed by atoms with E-state index >= 15 is 0 Å². The summed E-state index contributed by atoms with van der Waals surface area (Å²) in [5.74, 6) is 0.979. The molecule has 1 fully saturated rings. The van der Waals surface area contributed by atoms with Crippen LogP contribution < -0.4 is 5.32 Å². The van der Waals surface area contributed by atoms with E-state index in [0.717, 1.165) is 28.4 Å². The number of nitrogens with one attached hydrogen (secondary N) is 1. The maximum atomic E-state index is 4.41. The number of aromatic nitrogens is 1. The van der Waals surface area contributed by atoms with E-state index in [1.54, 1.807) is 23.1 Å². The van der Waals surface area contributed by atoms with Crippen molar-refractivity contribution >= 4 is 23.1 Å². The van der Waals surface area contributed by atoms with Gasteiger partial charge in [0.15, 0.2) is 0 Å². The van der Waals surface area contributed by atoms with Crippen molar-refractivity contribution < 1.29 is 0 Å². The molecule has 1 aliphatic carbocycles. The van der Waals surface area contributed by atoms with Crippen LogP contribution in [0, 0.1) is 6.92 Å². The summed E-state index contributed by atoms with van der Waals surface area (Å²) in [6.45, 7) is 7.06. The van der Waals surface area contributed by atoms with Gasteiger partial charge >= 0.3 is 0 Å². The molecule has 1 N–H and O–H groups in total. The van der Waals surface area contributed by atoms with Crippen molar-refractivity contribution in [3.8, 4) is 0 Å². The Morgan fingerprint density at radius 1 is 1.73 bits per heavy atom. The lowest BCUT2D eigenvalue weighted by Gasteiger charge is -2.04. The molecule has 0 aliphatic heterocycles. The maximum Gasteiger partial charge on any atom is 0.150 e. The Bertz CT molecular complexity index is 342. The van der Waals surface area contributed by atoms with Gasteiger partial charge in [0.25, 0.3) is 0 Å². The van der Waals surface area contributed by atoms with Gasteiger partial charge in [-0.05, 0) is 19.8 Å². The minimum absolute atomic E-state index is 0.772. The zero-order valence-electron chi connectivity index (χ0n) is 8.95. The smallest absolute Gasteiger partial charge is 0.150 e. The van der Waals surface area contributed by atoms with Crippen molar-refractivity contribution in [3.05, 3.63) is 23.2 Å². The van der Waals surface area contributed by atoms with Gasteiger partial charge in [-0.15, -0.1) is 11.3 Å². The largest absolute Gasteiger partial charge is 0.310 e.